The Bertz CT molecular complexity index is 563. The molecule has 5 heteroatoms. The fraction of sp³-hybridized carbons (Fsp3) is 0.167. The Labute approximate surface area is 98.5 Å². The Kier molecular flexibility index (Phi) is 2.59. The van der Waals surface area contributed by atoms with Gasteiger partial charge in [-0.1, -0.05) is 6.07 Å². The number of fused-ring (bicyclic) bond motifs is 1. The van der Waals surface area contributed by atoms with Crippen molar-refractivity contribution in [2.24, 2.45) is 0 Å². The molecule has 0 radical (unpaired) electrons. The Balaban J connectivity index is 1.65. The van der Waals surface area contributed by atoms with Crippen LogP contribution in [0.4, 0.5) is 0 Å². The monoisotopic (exact) mass is 227 g/mol. The van der Waals surface area contributed by atoms with Gasteiger partial charge in [0.05, 0.1) is 12.2 Å². The zero-order valence-corrected chi connectivity index (χ0v) is 9.30. The van der Waals surface area contributed by atoms with Crippen LogP contribution in [0.3, 0.4) is 0 Å². The highest BCUT2D eigenvalue weighted by molar-refractivity contribution is 5.39. The van der Waals surface area contributed by atoms with Crippen LogP contribution in [0.2, 0.25) is 0 Å². The largest absolute Gasteiger partial charge is 0.348 e. The summed E-state index contributed by atoms with van der Waals surface area (Å²) in [7, 11) is 0. The van der Waals surface area contributed by atoms with Crippen molar-refractivity contribution in [1.29, 1.82) is 0 Å². The van der Waals surface area contributed by atoms with Crippen molar-refractivity contribution >= 4 is 5.65 Å². The third-order valence-electron chi connectivity index (χ3n) is 2.57. The smallest absolute Gasteiger partial charge is 0.137 e. The molecule has 3 aromatic heterocycles. The second kappa shape index (κ2) is 4.39. The summed E-state index contributed by atoms with van der Waals surface area (Å²) in [5.41, 5.74) is 2.00. The molecule has 0 spiro atoms. The first-order valence-corrected chi connectivity index (χ1v) is 5.53. The average Bonchev–Trinajstić information content (AvgIpc) is 2.96. The second-order valence-electron chi connectivity index (χ2n) is 3.84. The average molecular weight is 227 g/mol. The van der Waals surface area contributed by atoms with Crippen LogP contribution in [-0.4, -0.2) is 19.4 Å². The first-order valence-electron chi connectivity index (χ1n) is 5.53. The minimum atomic E-state index is 0.723. The third-order valence-corrected chi connectivity index (χ3v) is 2.57. The summed E-state index contributed by atoms with van der Waals surface area (Å²) < 4.78 is 2.02. The fourth-order valence-corrected chi connectivity index (χ4v) is 1.78. The molecule has 0 saturated carbocycles. The normalized spacial score (nSPS) is 11.1. The number of nitrogens with one attached hydrogen (secondary N) is 2. The highest BCUT2D eigenvalue weighted by Crippen LogP contribution is 2.04. The number of imidazole rings is 2. The van der Waals surface area contributed by atoms with Crippen molar-refractivity contribution in [3.63, 3.8) is 0 Å². The van der Waals surface area contributed by atoms with Crippen molar-refractivity contribution in [2.45, 2.75) is 13.1 Å². The van der Waals surface area contributed by atoms with Crippen LogP contribution < -0.4 is 5.32 Å². The lowest BCUT2D eigenvalue weighted by Gasteiger charge is -1.98. The second-order valence-corrected chi connectivity index (χ2v) is 3.84. The van der Waals surface area contributed by atoms with E-state index in [1.54, 1.807) is 6.20 Å². The van der Waals surface area contributed by atoms with E-state index in [4.69, 9.17) is 0 Å². The molecule has 3 rings (SSSR count). The molecule has 2 N–H and O–H groups in total. The number of aromatic nitrogens is 4. The van der Waals surface area contributed by atoms with E-state index in [9.17, 15) is 0 Å². The van der Waals surface area contributed by atoms with Crippen LogP contribution in [0, 0.1) is 0 Å². The minimum Gasteiger partial charge on any atom is -0.348 e. The SMILES string of the molecule is c1ccn2cc(CNCc3ncc[nH]3)nc2c1. The fourth-order valence-electron chi connectivity index (χ4n) is 1.78. The zero-order valence-electron chi connectivity index (χ0n) is 9.30. The van der Waals surface area contributed by atoms with E-state index < -0.39 is 0 Å². The van der Waals surface area contributed by atoms with E-state index in [0.29, 0.717) is 0 Å². The summed E-state index contributed by atoms with van der Waals surface area (Å²) in [4.78, 5) is 11.7. The molecule has 17 heavy (non-hydrogen) atoms. The predicted octanol–water partition coefficient (Wildman–Crippen LogP) is 1.35. The van der Waals surface area contributed by atoms with Gasteiger partial charge in [0.2, 0.25) is 0 Å². The van der Waals surface area contributed by atoms with E-state index in [1.807, 2.05) is 41.2 Å². The zero-order chi connectivity index (χ0) is 11.5. The van der Waals surface area contributed by atoms with Gasteiger partial charge in [-0.05, 0) is 12.1 Å². The molecule has 0 atom stereocenters. The summed E-state index contributed by atoms with van der Waals surface area (Å²) in [6, 6.07) is 5.98. The number of rotatable bonds is 4. The number of aromatic amines is 1. The molecule has 0 aliphatic heterocycles. The molecule has 3 heterocycles. The molecule has 0 unspecified atom stereocenters. The first-order chi connectivity index (χ1) is 8.42. The van der Waals surface area contributed by atoms with Crippen LogP contribution in [-0.2, 0) is 13.1 Å². The minimum absolute atomic E-state index is 0.723. The highest BCUT2D eigenvalue weighted by Gasteiger charge is 2.00. The lowest BCUT2D eigenvalue weighted by molar-refractivity contribution is 0.660. The number of H-pyrrole nitrogens is 1. The van der Waals surface area contributed by atoms with Gasteiger partial charge in [-0.15, -0.1) is 0 Å². The van der Waals surface area contributed by atoms with Crippen LogP contribution >= 0.6 is 0 Å². The predicted molar refractivity (Wildman–Crippen MR) is 64.3 cm³/mol. The van der Waals surface area contributed by atoms with Gasteiger partial charge in [-0.25, -0.2) is 9.97 Å². The van der Waals surface area contributed by atoms with Gasteiger partial charge in [0.15, 0.2) is 0 Å². The van der Waals surface area contributed by atoms with Crippen molar-refractivity contribution in [3.05, 3.63) is 54.5 Å². The maximum atomic E-state index is 4.50. The highest BCUT2D eigenvalue weighted by atomic mass is 15.0. The van der Waals surface area contributed by atoms with Gasteiger partial charge in [0, 0.05) is 31.3 Å². The van der Waals surface area contributed by atoms with E-state index in [2.05, 4.69) is 20.3 Å². The van der Waals surface area contributed by atoms with Gasteiger partial charge in [-0.3, -0.25) is 0 Å². The Hall–Kier alpha value is -2.14. The molecular formula is C12H13N5. The van der Waals surface area contributed by atoms with Gasteiger partial charge in [0.25, 0.3) is 0 Å². The van der Waals surface area contributed by atoms with E-state index in [1.165, 1.54) is 0 Å². The van der Waals surface area contributed by atoms with Gasteiger partial charge in [-0.2, -0.15) is 0 Å². The molecule has 0 bridgehead atoms. The van der Waals surface area contributed by atoms with Crippen LogP contribution in [0.5, 0.6) is 0 Å². The Morgan fingerprint density at radius 1 is 1.29 bits per heavy atom. The quantitative estimate of drug-likeness (QED) is 0.707. The summed E-state index contributed by atoms with van der Waals surface area (Å²) in [5.74, 6) is 0.939. The molecule has 3 aromatic rings. The molecule has 5 nitrogen and oxygen atoms in total. The molecule has 0 aliphatic rings. The van der Waals surface area contributed by atoms with Crippen LogP contribution in [0.1, 0.15) is 11.5 Å². The van der Waals surface area contributed by atoms with Gasteiger partial charge < -0.3 is 14.7 Å². The van der Waals surface area contributed by atoms with Gasteiger partial charge >= 0.3 is 0 Å². The number of nitrogens with zero attached hydrogens (tertiary/aromatic N) is 3. The molecule has 0 saturated heterocycles. The van der Waals surface area contributed by atoms with Crippen molar-refractivity contribution in [1.82, 2.24) is 24.7 Å². The van der Waals surface area contributed by atoms with Crippen molar-refractivity contribution < 1.29 is 0 Å². The molecular weight excluding hydrogens is 214 g/mol. The first kappa shape index (κ1) is 10.0. The molecule has 86 valence electrons. The summed E-state index contributed by atoms with van der Waals surface area (Å²) in [5, 5.41) is 3.30. The molecule has 0 aromatic carbocycles. The van der Waals surface area contributed by atoms with Crippen molar-refractivity contribution in [3.8, 4) is 0 Å². The topological polar surface area (TPSA) is 58.0 Å². The van der Waals surface area contributed by atoms with Gasteiger partial charge in [0.1, 0.15) is 11.5 Å². The lowest BCUT2D eigenvalue weighted by atomic mass is 10.4. The van der Waals surface area contributed by atoms with E-state index >= 15 is 0 Å². The maximum Gasteiger partial charge on any atom is 0.137 e. The summed E-state index contributed by atoms with van der Waals surface area (Å²) >= 11 is 0. The Morgan fingerprint density at radius 2 is 2.29 bits per heavy atom. The Morgan fingerprint density at radius 3 is 3.12 bits per heavy atom. The number of hydrogen-bond acceptors (Lipinski definition) is 3. The molecule has 0 fully saturated rings. The number of pyridine rings is 1. The standard InChI is InChI=1S/C12H13N5/c1-2-6-17-9-10(16-12(17)3-1)7-13-8-11-14-4-5-15-11/h1-6,9,13H,7-8H2,(H,14,15). The summed E-state index contributed by atoms with van der Waals surface area (Å²) in [6.45, 7) is 1.46. The molecule has 0 amide bonds. The van der Waals surface area contributed by atoms with Crippen LogP contribution in [0.15, 0.2) is 43.0 Å². The lowest BCUT2D eigenvalue weighted by Crippen LogP contribution is -2.13. The molecule has 0 aliphatic carbocycles. The third kappa shape index (κ3) is 2.19. The van der Waals surface area contributed by atoms with Crippen molar-refractivity contribution in [2.75, 3.05) is 0 Å². The van der Waals surface area contributed by atoms with E-state index in [-0.39, 0.29) is 0 Å². The summed E-state index contributed by atoms with van der Waals surface area (Å²) in [6.07, 6.45) is 7.60. The van der Waals surface area contributed by atoms with E-state index in [0.717, 1.165) is 30.3 Å². The number of hydrogen-bond donors (Lipinski definition) is 2. The van der Waals surface area contributed by atoms with Crippen LogP contribution in [0.25, 0.3) is 5.65 Å². The maximum absolute atomic E-state index is 4.50.